The van der Waals surface area contributed by atoms with Gasteiger partial charge in [0, 0.05) is 36.8 Å². The van der Waals surface area contributed by atoms with E-state index in [0.29, 0.717) is 34.6 Å². The molecule has 34 heavy (non-hydrogen) atoms. The normalized spacial score (nSPS) is 11.1. The fourth-order valence-electron chi connectivity index (χ4n) is 3.17. The van der Waals surface area contributed by atoms with Gasteiger partial charge in [-0.2, -0.15) is 4.98 Å². The van der Waals surface area contributed by atoms with Gasteiger partial charge in [-0.25, -0.2) is 18.4 Å². The lowest BCUT2D eigenvalue weighted by Gasteiger charge is -2.11. The van der Waals surface area contributed by atoms with E-state index in [0.717, 1.165) is 5.82 Å². The maximum absolute atomic E-state index is 12.7. The van der Waals surface area contributed by atoms with E-state index in [1.807, 2.05) is 11.5 Å². The number of ether oxygens (including phenoxy) is 1. The Morgan fingerprint density at radius 1 is 0.971 bits per heavy atom. The van der Waals surface area contributed by atoms with Crippen LogP contribution in [0.2, 0.25) is 0 Å². The van der Waals surface area contributed by atoms with Crippen molar-refractivity contribution in [3.05, 3.63) is 78.6 Å². The van der Waals surface area contributed by atoms with Crippen LogP contribution in [-0.4, -0.2) is 33.8 Å². The molecule has 0 spiro atoms. The average molecular weight is 479 g/mol. The summed E-state index contributed by atoms with van der Waals surface area (Å²) < 4.78 is 35.5. The van der Waals surface area contributed by atoms with Gasteiger partial charge in [0.1, 0.15) is 23.2 Å². The summed E-state index contributed by atoms with van der Waals surface area (Å²) in [6.45, 7) is 5.02. The van der Waals surface area contributed by atoms with Gasteiger partial charge >= 0.3 is 0 Å². The first-order chi connectivity index (χ1) is 16.2. The van der Waals surface area contributed by atoms with E-state index < -0.39 is 10.0 Å². The summed E-state index contributed by atoms with van der Waals surface area (Å²) in [7, 11) is -3.80. The van der Waals surface area contributed by atoms with Crippen LogP contribution in [0.25, 0.3) is 5.82 Å². The predicted molar refractivity (Wildman–Crippen MR) is 127 cm³/mol. The van der Waals surface area contributed by atoms with Gasteiger partial charge in [-0.3, -0.25) is 14.1 Å². The van der Waals surface area contributed by atoms with Crippen LogP contribution in [0.5, 0.6) is 11.6 Å². The van der Waals surface area contributed by atoms with Crippen molar-refractivity contribution in [2.24, 2.45) is 0 Å². The van der Waals surface area contributed by atoms with Crippen molar-refractivity contribution in [3.8, 4) is 17.4 Å². The molecule has 0 aliphatic carbocycles. The van der Waals surface area contributed by atoms with E-state index >= 15 is 0 Å². The number of aromatic nitrogens is 4. The standard InChI is InChI=1S/C23H22N6O4S/c1-15-25-22(29-13-12-24-16(29)2)14-23(26-15)33-20-8-4-19(5-9-20)28-34(31,32)21-10-6-18(7-11-21)27-17(3)30/h4-14,28H,1-3H3,(H,27,30). The average Bonchev–Trinajstić information content (AvgIpc) is 3.20. The summed E-state index contributed by atoms with van der Waals surface area (Å²) in [5.74, 6) is 2.55. The minimum Gasteiger partial charge on any atom is -0.439 e. The molecule has 0 saturated carbocycles. The highest BCUT2D eigenvalue weighted by molar-refractivity contribution is 7.92. The van der Waals surface area contributed by atoms with Crippen LogP contribution in [0, 0.1) is 13.8 Å². The quantitative estimate of drug-likeness (QED) is 0.413. The molecule has 0 radical (unpaired) electrons. The van der Waals surface area contributed by atoms with Crippen molar-refractivity contribution >= 4 is 27.3 Å². The SMILES string of the molecule is CC(=O)Nc1ccc(S(=O)(=O)Nc2ccc(Oc3cc(-n4ccnc4C)nc(C)n3)cc2)cc1. The van der Waals surface area contributed by atoms with E-state index in [-0.39, 0.29) is 10.8 Å². The Bertz CT molecular complexity index is 1430. The van der Waals surface area contributed by atoms with Crippen LogP contribution in [0.4, 0.5) is 11.4 Å². The van der Waals surface area contributed by atoms with Crippen LogP contribution in [0.1, 0.15) is 18.6 Å². The molecule has 4 rings (SSSR count). The molecular formula is C23H22N6O4S. The number of aryl methyl sites for hydroxylation is 2. The molecule has 0 atom stereocenters. The minimum absolute atomic E-state index is 0.0701. The highest BCUT2D eigenvalue weighted by atomic mass is 32.2. The number of benzene rings is 2. The van der Waals surface area contributed by atoms with Gasteiger partial charge in [-0.15, -0.1) is 0 Å². The van der Waals surface area contributed by atoms with Crippen molar-refractivity contribution in [2.75, 3.05) is 10.0 Å². The van der Waals surface area contributed by atoms with Gasteiger partial charge in [0.05, 0.1) is 4.90 Å². The molecule has 0 aliphatic heterocycles. The zero-order chi connectivity index (χ0) is 24.3. The number of carbonyl (C=O) groups is 1. The first kappa shape index (κ1) is 22.9. The maximum Gasteiger partial charge on any atom is 0.261 e. The summed E-state index contributed by atoms with van der Waals surface area (Å²) >= 11 is 0. The van der Waals surface area contributed by atoms with Crippen molar-refractivity contribution in [2.45, 2.75) is 25.7 Å². The van der Waals surface area contributed by atoms with Crippen molar-refractivity contribution in [1.29, 1.82) is 0 Å². The second-order valence-electron chi connectivity index (χ2n) is 7.39. The van der Waals surface area contributed by atoms with E-state index in [4.69, 9.17) is 4.74 Å². The molecule has 2 aromatic heterocycles. The highest BCUT2D eigenvalue weighted by Gasteiger charge is 2.15. The number of anilines is 2. The van der Waals surface area contributed by atoms with Crippen LogP contribution in [0.15, 0.2) is 71.9 Å². The zero-order valence-electron chi connectivity index (χ0n) is 18.7. The molecule has 174 valence electrons. The third kappa shape index (κ3) is 5.38. The summed E-state index contributed by atoms with van der Waals surface area (Å²) in [6.07, 6.45) is 3.49. The number of sulfonamides is 1. The first-order valence-electron chi connectivity index (χ1n) is 10.2. The van der Waals surface area contributed by atoms with Gasteiger partial charge < -0.3 is 10.1 Å². The summed E-state index contributed by atoms with van der Waals surface area (Å²) in [5.41, 5.74) is 0.881. The van der Waals surface area contributed by atoms with Crippen LogP contribution in [0.3, 0.4) is 0 Å². The topological polar surface area (TPSA) is 128 Å². The molecule has 4 aromatic rings. The predicted octanol–water partition coefficient (Wildman–Crippen LogP) is 3.83. The second kappa shape index (κ2) is 9.32. The monoisotopic (exact) mass is 478 g/mol. The molecule has 0 aliphatic rings. The second-order valence-corrected chi connectivity index (χ2v) is 9.08. The largest absolute Gasteiger partial charge is 0.439 e. The van der Waals surface area contributed by atoms with Crippen LogP contribution < -0.4 is 14.8 Å². The molecule has 0 unspecified atom stereocenters. The van der Waals surface area contributed by atoms with Crippen molar-refractivity contribution in [1.82, 2.24) is 19.5 Å². The molecule has 0 saturated heterocycles. The number of nitrogens with zero attached hydrogens (tertiary/aromatic N) is 4. The van der Waals surface area contributed by atoms with Crippen molar-refractivity contribution in [3.63, 3.8) is 0 Å². The minimum atomic E-state index is -3.80. The maximum atomic E-state index is 12.7. The molecule has 0 bridgehead atoms. The molecule has 2 heterocycles. The molecule has 1 amide bonds. The van der Waals surface area contributed by atoms with Crippen LogP contribution >= 0.6 is 0 Å². The Morgan fingerprint density at radius 3 is 2.26 bits per heavy atom. The van der Waals surface area contributed by atoms with E-state index in [1.165, 1.54) is 31.2 Å². The number of amides is 1. The number of carbonyl (C=O) groups excluding carboxylic acids is 1. The number of nitrogens with one attached hydrogen (secondary N) is 2. The number of rotatable bonds is 7. The van der Waals surface area contributed by atoms with E-state index in [1.54, 1.807) is 49.6 Å². The smallest absolute Gasteiger partial charge is 0.261 e. The Labute approximate surface area is 196 Å². The fraction of sp³-hybridized carbons (Fsp3) is 0.130. The lowest BCUT2D eigenvalue weighted by Crippen LogP contribution is -2.13. The first-order valence-corrected chi connectivity index (χ1v) is 11.7. The fourth-order valence-corrected chi connectivity index (χ4v) is 4.23. The van der Waals surface area contributed by atoms with Crippen LogP contribution in [-0.2, 0) is 14.8 Å². The molecule has 0 fully saturated rings. The number of imidazole rings is 1. The molecular weight excluding hydrogens is 456 g/mol. The molecule has 2 N–H and O–H groups in total. The number of hydrogen-bond donors (Lipinski definition) is 2. The molecule has 10 nitrogen and oxygen atoms in total. The molecule has 2 aromatic carbocycles. The van der Waals surface area contributed by atoms with E-state index in [9.17, 15) is 13.2 Å². The lowest BCUT2D eigenvalue weighted by molar-refractivity contribution is -0.114. The van der Waals surface area contributed by atoms with Gasteiger partial charge in [0.2, 0.25) is 11.8 Å². The Morgan fingerprint density at radius 2 is 1.65 bits per heavy atom. The third-order valence-corrected chi connectivity index (χ3v) is 6.08. The Kier molecular flexibility index (Phi) is 6.28. The Balaban J connectivity index is 1.47. The van der Waals surface area contributed by atoms with E-state index in [2.05, 4.69) is 25.0 Å². The summed E-state index contributed by atoms with van der Waals surface area (Å²) in [5, 5.41) is 2.60. The number of hydrogen-bond acceptors (Lipinski definition) is 7. The lowest BCUT2D eigenvalue weighted by atomic mass is 10.3. The van der Waals surface area contributed by atoms with Gasteiger partial charge in [0.15, 0.2) is 0 Å². The van der Waals surface area contributed by atoms with Gasteiger partial charge in [-0.1, -0.05) is 0 Å². The summed E-state index contributed by atoms with van der Waals surface area (Å²) in [6, 6.07) is 14.0. The molecule has 11 heteroatoms. The summed E-state index contributed by atoms with van der Waals surface area (Å²) in [4.78, 5) is 24.1. The van der Waals surface area contributed by atoms with Gasteiger partial charge in [-0.05, 0) is 62.4 Å². The third-order valence-electron chi connectivity index (χ3n) is 4.69. The van der Waals surface area contributed by atoms with Crippen molar-refractivity contribution < 1.29 is 17.9 Å². The highest BCUT2D eigenvalue weighted by Crippen LogP contribution is 2.25. The van der Waals surface area contributed by atoms with Gasteiger partial charge in [0.25, 0.3) is 10.0 Å². The zero-order valence-corrected chi connectivity index (χ0v) is 19.5. The Hall–Kier alpha value is -4.25.